The monoisotopic (exact) mass is 707 g/mol. The molecule has 1 atom stereocenters. The third kappa shape index (κ3) is 7.37. The second kappa shape index (κ2) is 15.3. The smallest absolute Gasteiger partial charge is 0.262 e. The number of hydrogen-bond acceptors (Lipinski definition) is 6. The van der Waals surface area contributed by atoms with Crippen molar-refractivity contribution in [3.8, 4) is 0 Å². The first-order valence-electron chi connectivity index (χ1n) is 17.8. The number of unbranched alkanes of at least 4 members (excludes halogenated alkanes) is 6. The molecule has 1 fully saturated rings. The molecule has 1 unspecified atom stereocenters. The molecule has 5 amide bonds. The van der Waals surface area contributed by atoms with E-state index in [2.05, 4.69) is 27.5 Å². The zero-order chi connectivity index (χ0) is 37.1. The first-order valence-corrected chi connectivity index (χ1v) is 17.8. The van der Waals surface area contributed by atoms with Gasteiger partial charge >= 0.3 is 0 Å². The Morgan fingerprint density at radius 3 is 2.37 bits per heavy atom. The van der Waals surface area contributed by atoms with Gasteiger partial charge in [-0.25, -0.2) is 4.39 Å². The topological polar surface area (TPSA) is 158 Å². The molecule has 0 saturated carbocycles. The van der Waals surface area contributed by atoms with Crippen LogP contribution in [0.15, 0.2) is 48.7 Å². The number of H-pyrrole nitrogens is 1. The minimum atomic E-state index is -0.893. The molecule has 1 aromatic heterocycles. The molecular formula is C40H42FN5O6. The fourth-order valence-electron chi connectivity index (χ4n) is 7.16. The van der Waals surface area contributed by atoms with E-state index in [9.17, 15) is 33.2 Å². The van der Waals surface area contributed by atoms with Crippen LogP contribution in [0.4, 0.5) is 10.1 Å². The average molecular weight is 708 g/mol. The maximum Gasteiger partial charge on any atom is 0.262 e. The predicted octanol–water partition coefficient (Wildman–Crippen LogP) is 6.39. The van der Waals surface area contributed by atoms with Crippen molar-refractivity contribution in [3.63, 3.8) is 0 Å². The highest BCUT2D eigenvalue weighted by molar-refractivity contribution is 6.35. The van der Waals surface area contributed by atoms with Gasteiger partial charge in [0.1, 0.15) is 11.9 Å². The Labute approximate surface area is 301 Å². The number of imide groups is 1. The summed E-state index contributed by atoms with van der Waals surface area (Å²) in [5.41, 5.74) is 5.21. The summed E-state index contributed by atoms with van der Waals surface area (Å²) in [4.78, 5) is 81.2. The number of fused-ring (bicyclic) bond motifs is 2. The fourth-order valence-corrected chi connectivity index (χ4v) is 7.16. The normalized spacial score (nSPS) is 17.4. The first kappa shape index (κ1) is 36.2. The average Bonchev–Trinajstić information content (AvgIpc) is 3.67. The highest BCUT2D eigenvalue weighted by atomic mass is 19.1. The number of Topliss-reactive ketones (excluding diaryl/α,β-unsaturated/α-hetero) is 1. The van der Waals surface area contributed by atoms with E-state index in [0.29, 0.717) is 82.8 Å². The number of aromatic nitrogens is 1. The predicted molar refractivity (Wildman–Crippen MR) is 194 cm³/mol. The number of carbonyl (C=O) groups is 6. The molecular weight excluding hydrogens is 665 g/mol. The van der Waals surface area contributed by atoms with Crippen LogP contribution in [0, 0.1) is 19.7 Å². The van der Waals surface area contributed by atoms with Crippen molar-refractivity contribution in [2.75, 3.05) is 11.9 Å². The fraction of sp³-hybridized carbons (Fsp3) is 0.350. The number of piperidine rings is 1. The van der Waals surface area contributed by atoms with Crippen LogP contribution in [0.3, 0.4) is 0 Å². The maximum atomic E-state index is 13.8. The molecule has 3 aliphatic heterocycles. The number of carbonyl (C=O) groups excluding carboxylic acids is 6. The lowest BCUT2D eigenvalue weighted by molar-refractivity contribution is -0.125. The Balaban J connectivity index is 0.886. The Bertz CT molecular complexity index is 2040. The van der Waals surface area contributed by atoms with Crippen molar-refractivity contribution >= 4 is 52.7 Å². The molecule has 11 nitrogen and oxygen atoms in total. The van der Waals surface area contributed by atoms with Crippen LogP contribution >= 0.6 is 0 Å². The number of aromatic amines is 1. The van der Waals surface area contributed by atoms with E-state index in [1.165, 1.54) is 30.3 Å². The minimum Gasteiger partial charge on any atom is -0.358 e. The molecule has 3 aliphatic rings. The number of anilines is 1. The molecule has 4 N–H and O–H groups in total. The van der Waals surface area contributed by atoms with Crippen LogP contribution in [0.2, 0.25) is 0 Å². The van der Waals surface area contributed by atoms with Crippen LogP contribution in [-0.2, 0) is 9.59 Å². The van der Waals surface area contributed by atoms with Crippen LogP contribution in [0.25, 0.3) is 11.6 Å². The second-order valence-corrected chi connectivity index (χ2v) is 13.7. The summed E-state index contributed by atoms with van der Waals surface area (Å²) in [6, 6.07) is 7.80. The molecule has 0 aliphatic carbocycles. The van der Waals surface area contributed by atoms with Gasteiger partial charge in [-0.2, -0.15) is 0 Å². The Hall–Kier alpha value is -5.65. The van der Waals surface area contributed by atoms with Gasteiger partial charge in [0, 0.05) is 46.9 Å². The number of nitrogens with one attached hydrogen (secondary N) is 4. The standard InChI is InChI=1S/C40H42FN5O6/c1-22-12-17-33(37(49)43-22)46-39(51)27-15-13-25(19-30(27)40(46)52)34(47)11-9-7-5-4-6-8-10-18-42-38(50)35-23(2)32(44-24(35)3)21-29-28-20-26(41)14-16-31(28)45-36(29)48/h13-16,19-21,33,44H,1,4-12,17-18H2,2-3H3,(H,42,50)(H,43,49)(H,45,48)/b29-21-. The number of benzene rings is 2. The van der Waals surface area contributed by atoms with Crippen molar-refractivity contribution < 1.29 is 33.2 Å². The van der Waals surface area contributed by atoms with E-state index in [0.717, 1.165) is 43.4 Å². The highest BCUT2D eigenvalue weighted by Crippen LogP contribution is 2.35. The molecule has 6 rings (SSSR count). The van der Waals surface area contributed by atoms with Crippen LogP contribution in [-0.4, -0.2) is 57.8 Å². The van der Waals surface area contributed by atoms with Crippen molar-refractivity contribution in [1.82, 2.24) is 20.5 Å². The molecule has 1 saturated heterocycles. The summed E-state index contributed by atoms with van der Waals surface area (Å²) in [7, 11) is 0. The molecule has 2 aromatic carbocycles. The molecule has 4 heterocycles. The largest absolute Gasteiger partial charge is 0.358 e. The third-order valence-electron chi connectivity index (χ3n) is 10.00. The van der Waals surface area contributed by atoms with E-state index in [1.807, 2.05) is 6.92 Å². The summed E-state index contributed by atoms with van der Waals surface area (Å²) in [5.74, 6) is -2.55. The van der Waals surface area contributed by atoms with Gasteiger partial charge in [-0.1, -0.05) is 44.7 Å². The van der Waals surface area contributed by atoms with E-state index in [4.69, 9.17) is 0 Å². The molecule has 0 bridgehead atoms. The summed E-state index contributed by atoms with van der Waals surface area (Å²) < 4.78 is 13.8. The third-order valence-corrected chi connectivity index (χ3v) is 10.00. The van der Waals surface area contributed by atoms with Gasteiger partial charge in [0.05, 0.1) is 22.3 Å². The van der Waals surface area contributed by atoms with Gasteiger partial charge in [-0.15, -0.1) is 0 Å². The summed E-state index contributed by atoms with van der Waals surface area (Å²) >= 11 is 0. The highest BCUT2D eigenvalue weighted by Gasteiger charge is 2.44. The Kier molecular flexibility index (Phi) is 10.6. The number of nitrogens with zero attached hydrogens (tertiary/aromatic N) is 1. The molecule has 0 radical (unpaired) electrons. The molecule has 270 valence electrons. The quantitative estimate of drug-likeness (QED) is 0.0659. The second-order valence-electron chi connectivity index (χ2n) is 13.7. The van der Waals surface area contributed by atoms with Crippen molar-refractivity contribution in [2.24, 2.45) is 0 Å². The van der Waals surface area contributed by atoms with Crippen LogP contribution in [0.1, 0.15) is 128 Å². The van der Waals surface area contributed by atoms with E-state index < -0.39 is 29.6 Å². The molecule has 3 aromatic rings. The first-order chi connectivity index (χ1) is 24.9. The Morgan fingerprint density at radius 2 is 1.62 bits per heavy atom. The van der Waals surface area contributed by atoms with Crippen LogP contribution in [0.5, 0.6) is 0 Å². The van der Waals surface area contributed by atoms with Crippen LogP contribution < -0.4 is 16.0 Å². The summed E-state index contributed by atoms with van der Waals surface area (Å²) in [5, 5.41) is 8.34. The number of ketones is 1. The number of allylic oxidation sites excluding steroid dienone is 1. The number of hydrogen-bond donors (Lipinski definition) is 4. The summed E-state index contributed by atoms with van der Waals surface area (Å²) in [6.07, 6.45) is 9.12. The van der Waals surface area contributed by atoms with Gasteiger partial charge in [-0.05, 0) is 81.5 Å². The lowest BCUT2D eigenvalue weighted by Crippen LogP contribution is -2.51. The molecule has 12 heteroatoms. The zero-order valence-corrected chi connectivity index (χ0v) is 29.4. The molecule has 52 heavy (non-hydrogen) atoms. The maximum absolute atomic E-state index is 13.8. The van der Waals surface area contributed by atoms with Gasteiger partial charge in [0.15, 0.2) is 5.78 Å². The summed E-state index contributed by atoms with van der Waals surface area (Å²) in [6.45, 7) is 7.89. The number of halogens is 1. The SMILES string of the molecule is C=C1CCC(N2C(=O)c3ccc(C(=O)CCCCCCCCCNC(=O)c4c(C)[nH]c(/C=C5\C(=O)Nc6ccc(F)cc65)c4C)cc3C2=O)C(=O)N1. The molecule has 0 spiro atoms. The van der Waals surface area contributed by atoms with Gasteiger partial charge < -0.3 is 20.9 Å². The van der Waals surface area contributed by atoms with Crippen molar-refractivity contribution in [1.29, 1.82) is 0 Å². The van der Waals surface area contributed by atoms with Gasteiger partial charge in [-0.3, -0.25) is 33.7 Å². The van der Waals surface area contributed by atoms with Crippen molar-refractivity contribution in [3.05, 3.63) is 99.3 Å². The number of rotatable bonds is 14. The Morgan fingerprint density at radius 1 is 0.904 bits per heavy atom. The number of aryl methyl sites for hydroxylation is 1. The van der Waals surface area contributed by atoms with E-state index in [-0.39, 0.29) is 28.7 Å². The minimum absolute atomic E-state index is 0.0923. The van der Waals surface area contributed by atoms with E-state index in [1.54, 1.807) is 19.1 Å². The van der Waals surface area contributed by atoms with Gasteiger partial charge in [0.2, 0.25) is 5.91 Å². The lowest BCUT2D eigenvalue weighted by Gasteiger charge is -2.29. The van der Waals surface area contributed by atoms with E-state index >= 15 is 0 Å². The number of amides is 5. The van der Waals surface area contributed by atoms with Crippen molar-refractivity contribution in [2.45, 2.75) is 84.1 Å². The lowest BCUT2D eigenvalue weighted by atomic mass is 9.99. The zero-order valence-electron chi connectivity index (χ0n) is 29.4. The van der Waals surface area contributed by atoms with Gasteiger partial charge in [0.25, 0.3) is 23.6 Å².